The average Bonchev–Trinajstić information content (AvgIpc) is 3.05. The maximum atomic E-state index is 3.70. The third-order valence-electron chi connectivity index (χ3n) is 5.74. The molecule has 0 bridgehead atoms. The molecule has 5 unspecified atom stereocenters. The minimum absolute atomic E-state index is 0.767. The molecule has 3 aliphatic rings. The van der Waals surface area contributed by atoms with E-state index in [4.69, 9.17) is 0 Å². The Morgan fingerprint density at radius 3 is 2.57 bits per heavy atom. The monoisotopic (exact) mass is 193 g/mol. The summed E-state index contributed by atoms with van der Waals surface area (Å²) < 4.78 is 0. The van der Waals surface area contributed by atoms with Gasteiger partial charge in [0, 0.05) is 6.04 Å². The van der Waals surface area contributed by atoms with Gasteiger partial charge in [-0.15, -0.1) is 0 Å². The molecule has 1 N–H and O–H groups in total. The SMILES string of the molecule is CCC1(C(C)C2CNC3C(C)C23)CC1. The summed E-state index contributed by atoms with van der Waals surface area (Å²) >= 11 is 0. The molecule has 3 fully saturated rings. The van der Waals surface area contributed by atoms with Gasteiger partial charge in [0.05, 0.1) is 0 Å². The summed E-state index contributed by atoms with van der Waals surface area (Å²) in [5.74, 6) is 3.98. The Labute approximate surface area is 87.7 Å². The highest BCUT2D eigenvalue weighted by Crippen LogP contribution is 2.62. The largest absolute Gasteiger partial charge is 0.313 e. The number of nitrogens with one attached hydrogen (secondary N) is 1. The molecule has 0 radical (unpaired) electrons. The van der Waals surface area contributed by atoms with Gasteiger partial charge in [-0.05, 0) is 48.5 Å². The topological polar surface area (TPSA) is 12.0 Å². The molecule has 1 aliphatic heterocycles. The van der Waals surface area contributed by atoms with Crippen LogP contribution in [0.1, 0.15) is 40.0 Å². The molecular weight excluding hydrogens is 170 g/mol. The molecule has 0 amide bonds. The molecule has 80 valence electrons. The molecule has 1 nitrogen and oxygen atoms in total. The Morgan fingerprint density at radius 2 is 2.14 bits per heavy atom. The van der Waals surface area contributed by atoms with E-state index in [0.717, 1.165) is 35.1 Å². The van der Waals surface area contributed by atoms with Gasteiger partial charge in [0.2, 0.25) is 0 Å². The van der Waals surface area contributed by atoms with Crippen molar-refractivity contribution < 1.29 is 0 Å². The van der Waals surface area contributed by atoms with Crippen LogP contribution in [-0.2, 0) is 0 Å². The number of hydrogen-bond acceptors (Lipinski definition) is 1. The number of hydrogen-bond donors (Lipinski definition) is 1. The Kier molecular flexibility index (Phi) is 1.81. The van der Waals surface area contributed by atoms with E-state index in [0.29, 0.717) is 0 Å². The summed E-state index contributed by atoms with van der Waals surface area (Å²) in [6.07, 6.45) is 4.43. The van der Waals surface area contributed by atoms with Gasteiger partial charge in [-0.1, -0.05) is 27.2 Å². The van der Waals surface area contributed by atoms with E-state index < -0.39 is 0 Å². The summed E-state index contributed by atoms with van der Waals surface area (Å²) in [5.41, 5.74) is 0.767. The van der Waals surface area contributed by atoms with Crippen LogP contribution in [0.5, 0.6) is 0 Å². The van der Waals surface area contributed by atoms with Crippen molar-refractivity contribution in [1.29, 1.82) is 0 Å². The van der Waals surface area contributed by atoms with Crippen molar-refractivity contribution in [2.45, 2.75) is 46.1 Å². The Balaban J connectivity index is 1.71. The zero-order chi connectivity index (χ0) is 9.92. The molecular formula is C13H23N. The summed E-state index contributed by atoms with van der Waals surface area (Å²) in [6.45, 7) is 8.64. The lowest BCUT2D eigenvalue weighted by atomic mass is 9.76. The molecule has 5 atom stereocenters. The summed E-state index contributed by atoms with van der Waals surface area (Å²) in [5, 5.41) is 3.70. The fourth-order valence-electron chi connectivity index (χ4n) is 4.14. The standard InChI is InChI=1S/C13H23N/c1-4-13(5-6-13)9(3)10-7-14-12-8(2)11(10)12/h8-12,14H,4-7H2,1-3H3. The van der Waals surface area contributed by atoms with E-state index in [1.807, 2.05) is 0 Å². The van der Waals surface area contributed by atoms with Gasteiger partial charge in [0.15, 0.2) is 0 Å². The van der Waals surface area contributed by atoms with Gasteiger partial charge in [0.1, 0.15) is 0 Å². The van der Waals surface area contributed by atoms with Crippen molar-refractivity contribution in [3.05, 3.63) is 0 Å². The third kappa shape index (κ3) is 1.05. The number of rotatable bonds is 3. The first-order valence-corrected chi connectivity index (χ1v) is 6.43. The van der Waals surface area contributed by atoms with Crippen molar-refractivity contribution in [3.8, 4) is 0 Å². The van der Waals surface area contributed by atoms with Crippen LogP contribution in [0, 0.1) is 29.1 Å². The molecule has 1 heteroatoms. The minimum Gasteiger partial charge on any atom is -0.313 e. The lowest BCUT2D eigenvalue weighted by molar-refractivity contribution is 0.204. The van der Waals surface area contributed by atoms with E-state index >= 15 is 0 Å². The van der Waals surface area contributed by atoms with Crippen molar-refractivity contribution in [2.24, 2.45) is 29.1 Å². The van der Waals surface area contributed by atoms with Crippen LogP contribution in [0.2, 0.25) is 0 Å². The fraction of sp³-hybridized carbons (Fsp3) is 1.00. The lowest BCUT2D eigenvalue weighted by Gasteiger charge is -2.29. The molecule has 0 aromatic carbocycles. The Hall–Kier alpha value is -0.0400. The molecule has 1 heterocycles. The van der Waals surface area contributed by atoms with Gasteiger partial charge in [-0.2, -0.15) is 0 Å². The van der Waals surface area contributed by atoms with E-state index in [-0.39, 0.29) is 0 Å². The molecule has 2 aliphatic carbocycles. The van der Waals surface area contributed by atoms with Crippen molar-refractivity contribution >= 4 is 0 Å². The predicted molar refractivity (Wildman–Crippen MR) is 59.1 cm³/mol. The normalized spacial score (nSPS) is 49.9. The average molecular weight is 193 g/mol. The third-order valence-corrected chi connectivity index (χ3v) is 5.74. The molecule has 0 spiro atoms. The number of fused-ring (bicyclic) bond motifs is 1. The van der Waals surface area contributed by atoms with Gasteiger partial charge >= 0.3 is 0 Å². The first-order valence-electron chi connectivity index (χ1n) is 6.43. The van der Waals surface area contributed by atoms with Crippen LogP contribution < -0.4 is 5.32 Å². The summed E-state index contributed by atoms with van der Waals surface area (Å²) in [7, 11) is 0. The second-order valence-electron chi connectivity index (χ2n) is 6.04. The molecule has 3 rings (SSSR count). The summed E-state index contributed by atoms with van der Waals surface area (Å²) in [6, 6.07) is 0.898. The smallest absolute Gasteiger partial charge is 0.0131 e. The minimum atomic E-state index is 0.767. The van der Waals surface area contributed by atoms with Crippen LogP contribution in [0.4, 0.5) is 0 Å². The zero-order valence-corrected chi connectivity index (χ0v) is 9.72. The molecule has 14 heavy (non-hydrogen) atoms. The lowest BCUT2D eigenvalue weighted by Crippen LogP contribution is -2.28. The van der Waals surface area contributed by atoms with E-state index in [1.54, 1.807) is 0 Å². The second kappa shape index (κ2) is 2.75. The first-order chi connectivity index (χ1) is 6.69. The summed E-state index contributed by atoms with van der Waals surface area (Å²) in [4.78, 5) is 0. The van der Waals surface area contributed by atoms with Crippen LogP contribution in [0.3, 0.4) is 0 Å². The number of piperidine rings is 1. The highest BCUT2D eigenvalue weighted by molar-refractivity contribution is 5.13. The van der Waals surface area contributed by atoms with Crippen molar-refractivity contribution in [3.63, 3.8) is 0 Å². The Morgan fingerprint density at radius 1 is 1.43 bits per heavy atom. The van der Waals surface area contributed by atoms with Crippen molar-refractivity contribution in [1.82, 2.24) is 5.32 Å². The second-order valence-corrected chi connectivity index (χ2v) is 6.04. The van der Waals surface area contributed by atoms with Crippen LogP contribution in [0.25, 0.3) is 0 Å². The molecule has 0 aromatic rings. The highest BCUT2D eigenvalue weighted by atomic mass is 15.1. The Bertz CT molecular complexity index is 244. The highest BCUT2D eigenvalue weighted by Gasteiger charge is 2.60. The van der Waals surface area contributed by atoms with E-state index in [9.17, 15) is 0 Å². The zero-order valence-electron chi connectivity index (χ0n) is 9.72. The van der Waals surface area contributed by atoms with Gasteiger partial charge in [-0.3, -0.25) is 0 Å². The van der Waals surface area contributed by atoms with Crippen LogP contribution in [0.15, 0.2) is 0 Å². The predicted octanol–water partition coefficient (Wildman–Crippen LogP) is 2.67. The quantitative estimate of drug-likeness (QED) is 0.726. The van der Waals surface area contributed by atoms with Gasteiger partial charge < -0.3 is 5.32 Å². The molecule has 0 aromatic heterocycles. The molecule has 1 saturated heterocycles. The first kappa shape index (κ1) is 9.21. The van der Waals surface area contributed by atoms with E-state index in [2.05, 4.69) is 26.1 Å². The van der Waals surface area contributed by atoms with Crippen molar-refractivity contribution in [2.75, 3.05) is 6.54 Å². The maximum Gasteiger partial charge on any atom is 0.0131 e. The van der Waals surface area contributed by atoms with E-state index in [1.165, 1.54) is 25.8 Å². The fourth-order valence-corrected chi connectivity index (χ4v) is 4.14. The molecule has 2 saturated carbocycles. The van der Waals surface area contributed by atoms with Crippen LogP contribution in [-0.4, -0.2) is 12.6 Å². The van der Waals surface area contributed by atoms with Gasteiger partial charge in [0.25, 0.3) is 0 Å². The van der Waals surface area contributed by atoms with Gasteiger partial charge in [-0.25, -0.2) is 0 Å². The maximum absolute atomic E-state index is 3.70. The van der Waals surface area contributed by atoms with Crippen LogP contribution >= 0.6 is 0 Å².